The summed E-state index contributed by atoms with van der Waals surface area (Å²) < 4.78 is 25.0. The van der Waals surface area contributed by atoms with Gasteiger partial charge in [0.1, 0.15) is 37.9 Å². The molecule has 4 aromatic carbocycles. The highest BCUT2D eigenvalue weighted by Gasteiger charge is 2.17. The number of unbranched alkanes of at least 4 members (excludes halogenated alkanes) is 2. The Morgan fingerprint density at radius 1 is 0.936 bits per heavy atom. The molecule has 1 aliphatic rings. The number of carboxylic acid groups (broad SMARTS) is 1. The third kappa shape index (κ3) is 9.41. The first-order valence-corrected chi connectivity index (χ1v) is 16.6. The zero-order valence-electron chi connectivity index (χ0n) is 26.1. The van der Waals surface area contributed by atoms with Crippen LogP contribution in [0.15, 0.2) is 77.3 Å². The molecule has 47 heavy (non-hydrogen) atoms. The van der Waals surface area contributed by atoms with Gasteiger partial charge in [-0.15, -0.1) is 0 Å². The molecular weight excluding hydrogens is 684 g/mol. The second-order valence-electron chi connectivity index (χ2n) is 11.4. The number of nitrogens with zero attached hydrogens (tertiary/aromatic N) is 2. The van der Waals surface area contributed by atoms with E-state index < -0.39 is 5.97 Å². The lowest BCUT2D eigenvalue weighted by molar-refractivity contribution is -0.137. The number of fused-ring (bicyclic) bond motifs is 1. The lowest BCUT2D eigenvalue weighted by Crippen LogP contribution is -2.19. The van der Waals surface area contributed by atoms with Gasteiger partial charge in [-0.3, -0.25) is 4.79 Å². The van der Waals surface area contributed by atoms with Crippen LogP contribution in [-0.2, 0) is 24.6 Å². The van der Waals surface area contributed by atoms with Crippen molar-refractivity contribution in [3.8, 4) is 40.2 Å². The summed E-state index contributed by atoms with van der Waals surface area (Å²) in [5.41, 5.74) is 5.27. The van der Waals surface area contributed by atoms with Crippen molar-refractivity contribution in [1.82, 2.24) is 4.90 Å². The number of carbonyl (C=O) groups is 1. The molecule has 1 aliphatic heterocycles. The molecule has 5 rings (SSSR count). The average molecular weight is 720 g/mol. The first kappa shape index (κ1) is 34.1. The summed E-state index contributed by atoms with van der Waals surface area (Å²) in [6.45, 7) is 2.97. The topological polar surface area (TPSA) is 101 Å². The third-order valence-corrected chi connectivity index (χ3v) is 8.98. The lowest BCUT2D eigenvalue weighted by Gasteiger charge is -2.21. The van der Waals surface area contributed by atoms with Gasteiger partial charge in [0.15, 0.2) is 11.5 Å². The summed E-state index contributed by atoms with van der Waals surface area (Å²) in [5, 5.41) is 18.7. The van der Waals surface area contributed by atoms with Crippen LogP contribution < -0.4 is 18.9 Å². The number of carboxylic acids is 1. The minimum Gasteiger partial charge on any atom is -0.488 e. The number of ether oxygens (including phenoxy) is 4. The van der Waals surface area contributed by atoms with E-state index in [-0.39, 0.29) is 19.6 Å². The molecule has 0 unspecified atom stereocenters. The van der Waals surface area contributed by atoms with Crippen LogP contribution in [0, 0.1) is 11.3 Å². The van der Waals surface area contributed by atoms with E-state index in [2.05, 4.69) is 26.9 Å². The Balaban J connectivity index is 1.32. The van der Waals surface area contributed by atoms with Crippen LogP contribution in [-0.4, -0.2) is 42.8 Å². The fourth-order valence-electron chi connectivity index (χ4n) is 5.32. The second-order valence-corrected chi connectivity index (χ2v) is 12.6. The predicted octanol–water partition coefficient (Wildman–Crippen LogP) is 8.65. The summed E-state index contributed by atoms with van der Waals surface area (Å²) >= 11 is 10.6. The van der Waals surface area contributed by atoms with Gasteiger partial charge in [0.05, 0.1) is 16.7 Å². The Bertz CT molecular complexity index is 1760. The van der Waals surface area contributed by atoms with Gasteiger partial charge in [-0.2, -0.15) is 5.26 Å². The number of hydrogen-bond donors (Lipinski definition) is 1. The van der Waals surface area contributed by atoms with Crippen LogP contribution in [0.25, 0.3) is 11.1 Å². The number of halogens is 2. The van der Waals surface area contributed by atoms with Crippen LogP contribution >= 0.6 is 27.5 Å². The zero-order chi connectivity index (χ0) is 33.2. The van der Waals surface area contributed by atoms with Crippen LogP contribution in [0.2, 0.25) is 5.02 Å². The van der Waals surface area contributed by atoms with Gasteiger partial charge < -0.3 is 29.0 Å². The first-order valence-electron chi connectivity index (χ1n) is 15.5. The number of rotatable bonds is 15. The number of hydrogen-bond acceptors (Lipinski definition) is 7. The van der Waals surface area contributed by atoms with E-state index in [1.807, 2.05) is 73.8 Å². The highest BCUT2D eigenvalue weighted by molar-refractivity contribution is 9.10. The number of aliphatic carboxylic acids is 1. The largest absolute Gasteiger partial charge is 0.488 e. The van der Waals surface area contributed by atoms with Gasteiger partial charge in [0, 0.05) is 34.6 Å². The standard InChI is InChI=1S/C37H36BrClN2O6/c1-41(14-4-2-3-11-36(42)43)22-29-18-31(39)34(20-33(29)46-23-26-8-5-7-25(17-26)21-40)47-24-28-9-6-10-30(37(28)38)27-12-13-32-35(19-27)45-16-15-44-32/h5-10,12-13,17-20H,2-4,11,14-16,22-24H2,1H3,(H,42,43). The van der Waals surface area contributed by atoms with E-state index >= 15 is 0 Å². The van der Waals surface area contributed by atoms with Crippen molar-refractivity contribution in [2.75, 3.05) is 26.8 Å². The van der Waals surface area contributed by atoms with Crippen molar-refractivity contribution in [3.05, 3.63) is 105 Å². The van der Waals surface area contributed by atoms with Crippen molar-refractivity contribution in [2.45, 2.75) is 45.4 Å². The monoisotopic (exact) mass is 718 g/mol. The SMILES string of the molecule is CN(CCCCCC(=O)O)Cc1cc(Cl)c(OCc2cccc(-c3ccc4c(c3)OCCO4)c2Br)cc1OCc1cccc(C#N)c1. The van der Waals surface area contributed by atoms with Crippen molar-refractivity contribution in [3.63, 3.8) is 0 Å². The van der Waals surface area contributed by atoms with Gasteiger partial charge in [-0.1, -0.05) is 54.4 Å². The Kier molecular flexibility index (Phi) is 12.0. The molecule has 0 bridgehead atoms. The number of benzene rings is 4. The normalized spacial score (nSPS) is 12.1. The second kappa shape index (κ2) is 16.6. The van der Waals surface area contributed by atoms with E-state index in [1.54, 1.807) is 6.07 Å². The molecule has 0 fully saturated rings. The molecule has 4 aromatic rings. The summed E-state index contributed by atoms with van der Waals surface area (Å²) in [6, 6.07) is 25.1. The van der Waals surface area contributed by atoms with Gasteiger partial charge in [-0.25, -0.2) is 0 Å². The van der Waals surface area contributed by atoms with E-state index in [1.165, 1.54) is 0 Å². The van der Waals surface area contributed by atoms with Crippen LogP contribution in [0.3, 0.4) is 0 Å². The predicted molar refractivity (Wildman–Crippen MR) is 184 cm³/mol. The molecule has 10 heteroatoms. The molecule has 0 saturated carbocycles. The molecular formula is C37H36BrClN2O6. The van der Waals surface area contributed by atoms with Gasteiger partial charge in [0.2, 0.25) is 0 Å². The molecule has 0 saturated heterocycles. The van der Waals surface area contributed by atoms with Crippen molar-refractivity contribution >= 4 is 33.5 Å². The molecule has 0 spiro atoms. The summed E-state index contributed by atoms with van der Waals surface area (Å²) in [7, 11) is 2.02. The quantitative estimate of drug-likeness (QED) is 0.122. The maximum absolute atomic E-state index is 10.8. The highest BCUT2D eigenvalue weighted by atomic mass is 79.9. The lowest BCUT2D eigenvalue weighted by atomic mass is 10.0. The van der Waals surface area contributed by atoms with E-state index in [9.17, 15) is 10.1 Å². The van der Waals surface area contributed by atoms with E-state index in [0.717, 1.165) is 63.2 Å². The molecule has 0 atom stereocenters. The Morgan fingerprint density at radius 3 is 2.53 bits per heavy atom. The van der Waals surface area contributed by atoms with Crippen LogP contribution in [0.5, 0.6) is 23.0 Å². The molecule has 0 aliphatic carbocycles. The fourth-order valence-corrected chi connectivity index (χ4v) is 6.17. The van der Waals surface area contributed by atoms with Crippen molar-refractivity contribution in [1.29, 1.82) is 5.26 Å². The van der Waals surface area contributed by atoms with Crippen molar-refractivity contribution in [2.24, 2.45) is 0 Å². The summed E-state index contributed by atoms with van der Waals surface area (Å²) in [6.07, 6.45) is 2.57. The molecule has 8 nitrogen and oxygen atoms in total. The van der Waals surface area contributed by atoms with Gasteiger partial charge in [0.25, 0.3) is 0 Å². The zero-order valence-corrected chi connectivity index (χ0v) is 28.5. The molecule has 1 heterocycles. The fraction of sp³-hybridized carbons (Fsp3) is 0.297. The minimum absolute atomic E-state index is 0.186. The first-order chi connectivity index (χ1) is 22.8. The average Bonchev–Trinajstić information content (AvgIpc) is 3.07. The Hall–Kier alpha value is -4.23. The molecule has 0 aromatic heterocycles. The van der Waals surface area contributed by atoms with E-state index in [4.69, 9.17) is 35.7 Å². The molecule has 0 radical (unpaired) electrons. The van der Waals surface area contributed by atoms with Crippen molar-refractivity contribution < 1.29 is 28.8 Å². The van der Waals surface area contributed by atoms with Gasteiger partial charge >= 0.3 is 5.97 Å². The minimum atomic E-state index is -0.766. The highest BCUT2D eigenvalue weighted by Crippen LogP contribution is 2.39. The molecule has 0 amide bonds. The number of nitriles is 1. The Labute approximate surface area is 288 Å². The van der Waals surface area contributed by atoms with E-state index in [0.29, 0.717) is 48.3 Å². The van der Waals surface area contributed by atoms with Crippen LogP contribution in [0.1, 0.15) is 47.9 Å². The molecule has 244 valence electrons. The summed E-state index contributed by atoms with van der Waals surface area (Å²) in [4.78, 5) is 13.0. The third-order valence-electron chi connectivity index (χ3n) is 7.75. The maximum Gasteiger partial charge on any atom is 0.303 e. The summed E-state index contributed by atoms with van der Waals surface area (Å²) in [5.74, 6) is 1.83. The van der Waals surface area contributed by atoms with Gasteiger partial charge in [-0.05, 0) is 89.4 Å². The Morgan fingerprint density at radius 2 is 1.72 bits per heavy atom. The smallest absolute Gasteiger partial charge is 0.303 e. The van der Waals surface area contributed by atoms with Crippen LogP contribution in [0.4, 0.5) is 0 Å². The maximum atomic E-state index is 10.8. The molecule has 1 N–H and O–H groups in total.